The molecule has 0 aliphatic carbocycles. The molecule has 0 aromatic heterocycles. The Morgan fingerprint density at radius 1 is 1.50 bits per heavy atom. The van der Waals surface area contributed by atoms with Gasteiger partial charge >= 0.3 is 5.97 Å². The maximum Gasteiger partial charge on any atom is 0.338 e. The van der Waals surface area contributed by atoms with Crippen molar-refractivity contribution in [3.63, 3.8) is 0 Å². The summed E-state index contributed by atoms with van der Waals surface area (Å²) in [6.07, 6.45) is 0. The van der Waals surface area contributed by atoms with Gasteiger partial charge in [-0.1, -0.05) is 17.7 Å². The van der Waals surface area contributed by atoms with Gasteiger partial charge in [-0.25, -0.2) is 4.79 Å². The second kappa shape index (κ2) is 3.39. The quantitative estimate of drug-likeness (QED) is 0.597. The molecule has 0 saturated heterocycles. The highest BCUT2D eigenvalue weighted by Crippen LogP contribution is 2.10. The van der Waals surface area contributed by atoms with E-state index in [4.69, 9.17) is 2.74 Å². The molecular formula is C10H12O2. The van der Waals surface area contributed by atoms with Crippen molar-refractivity contribution in [1.29, 1.82) is 0 Å². The zero-order chi connectivity index (χ0) is 10.7. The smallest absolute Gasteiger partial charge is 0.338 e. The Bertz CT molecular complexity index is 348. The Balaban J connectivity index is 2.90. The number of hydrogen-bond acceptors (Lipinski definition) is 2. The van der Waals surface area contributed by atoms with E-state index >= 15 is 0 Å². The molecule has 2 heteroatoms. The lowest BCUT2D eigenvalue weighted by molar-refractivity contribution is 0.0600. The maximum absolute atomic E-state index is 11.3. The summed E-state index contributed by atoms with van der Waals surface area (Å²) < 4.78 is 18.0. The van der Waals surface area contributed by atoms with Crippen LogP contribution in [0.25, 0.3) is 0 Å². The van der Waals surface area contributed by atoms with Gasteiger partial charge in [0.2, 0.25) is 0 Å². The summed E-state index contributed by atoms with van der Waals surface area (Å²) in [6, 6.07) is 5.31. The summed E-state index contributed by atoms with van der Waals surface area (Å²) in [5, 5.41) is 0. The molecule has 0 unspecified atom stereocenters. The molecule has 1 aromatic rings. The largest absolute Gasteiger partial charge is 0.465 e. The van der Waals surface area contributed by atoms with Crippen molar-refractivity contribution in [2.75, 3.05) is 7.06 Å². The van der Waals surface area contributed by atoms with Crippen molar-refractivity contribution in [1.82, 2.24) is 0 Å². The van der Waals surface area contributed by atoms with Gasteiger partial charge in [-0.15, -0.1) is 0 Å². The van der Waals surface area contributed by atoms with Crippen LogP contribution in [0.2, 0.25) is 0 Å². The van der Waals surface area contributed by atoms with Gasteiger partial charge in [-0.3, -0.25) is 0 Å². The molecule has 0 spiro atoms. The predicted octanol–water partition coefficient (Wildman–Crippen LogP) is 2.09. The second-order valence-electron chi connectivity index (χ2n) is 2.72. The van der Waals surface area contributed by atoms with E-state index in [1.165, 1.54) is 0 Å². The first-order valence-electron chi connectivity index (χ1n) is 4.79. The molecule has 12 heavy (non-hydrogen) atoms. The molecule has 0 saturated carbocycles. The van der Waals surface area contributed by atoms with Gasteiger partial charge in [-0.2, -0.15) is 0 Å². The summed E-state index contributed by atoms with van der Waals surface area (Å²) in [5.74, 6) is -0.613. The molecule has 0 atom stereocenters. The Hall–Kier alpha value is -1.31. The molecule has 1 aromatic carbocycles. The van der Waals surface area contributed by atoms with Crippen LogP contribution in [0.3, 0.4) is 0 Å². The van der Waals surface area contributed by atoms with Crippen LogP contribution in [0.1, 0.15) is 24.2 Å². The highest BCUT2D eigenvalue weighted by Gasteiger charge is 2.07. The summed E-state index contributed by atoms with van der Waals surface area (Å²) in [7, 11) is -1.57. The SMILES string of the molecule is [2H]C([2H])OC(=O)c1ccc(C)cc1C. The van der Waals surface area contributed by atoms with Gasteiger partial charge in [0.25, 0.3) is 0 Å². The van der Waals surface area contributed by atoms with Crippen molar-refractivity contribution >= 4 is 5.97 Å². The van der Waals surface area contributed by atoms with Gasteiger partial charge in [0.05, 0.1) is 15.4 Å². The van der Waals surface area contributed by atoms with E-state index in [0.29, 0.717) is 5.56 Å². The van der Waals surface area contributed by atoms with Crippen LogP contribution in [-0.2, 0) is 4.74 Å². The van der Waals surface area contributed by atoms with E-state index in [2.05, 4.69) is 4.74 Å². The number of carbonyl (C=O) groups excluding carboxylic acids is 1. The van der Waals surface area contributed by atoms with Crippen molar-refractivity contribution < 1.29 is 12.3 Å². The molecule has 1 rings (SSSR count). The Morgan fingerprint density at radius 3 is 2.83 bits per heavy atom. The van der Waals surface area contributed by atoms with Crippen LogP contribution in [-0.4, -0.2) is 13.0 Å². The van der Waals surface area contributed by atoms with Crippen LogP contribution in [0.4, 0.5) is 0 Å². The molecule has 0 heterocycles. The monoisotopic (exact) mass is 166 g/mol. The Morgan fingerprint density at radius 2 is 2.25 bits per heavy atom. The first kappa shape index (κ1) is 6.23. The summed E-state index contributed by atoms with van der Waals surface area (Å²) in [5.41, 5.74) is 2.28. The highest BCUT2D eigenvalue weighted by molar-refractivity contribution is 5.90. The van der Waals surface area contributed by atoms with E-state index in [0.717, 1.165) is 11.1 Å². The molecule has 0 aliphatic rings. The van der Waals surface area contributed by atoms with Crippen molar-refractivity contribution in [3.8, 4) is 0 Å². The summed E-state index contributed by atoms with van der Waals surface area (Å²) in [4.78, 5) is 11.3. The molecule has 0 radical (unpaired) electrons. The number of ether oxygens (including phenoxy) is 1. The van der Waals surface area contributed by atoms with Crippen LogP contribution < -0.4 is 0 Å². The Labute approximate surface area is 75.0 Å². The van der Waals surface area contributed by atoms with Crippen molar-refractivity contribution in [2.24, 2.45) is 0 Å². The molecule has 0 N–H and O–H groups in total. The zero-order valence-electron chi connectivity index (χ0n) is 9.13. The fraction of sp³-hybridized carbons (Fsp3) is 0.300. The number of carbonyl (C=O) groups is 1. The standard InChI is InChI=1S/C10H12O2/c1-7-4-5-9(8(2)6-7)10(11)12-3/h4-6H,1-3H3/i3D2. The first-order chi connectivity index (χ1) is 6.50. The normalized spacial score (nSPS) is 12.2. The molecule has 0 amide bonds. The third-order valence-corrected chi connectivity index (χ3v) is 1.71. The van der Waals surface area contributed by atoms with Crippen LogP contribution in [0.15, 0.2) is 18.2 Å². The number of esters is 1. The fourth-order valence-corrected chi connectivity index (χ4v) is 1.11. The minimum absolute atomic E-state index is 0.417. The van der Waals surface area contributed by atoms with Crippen molar-refractivity contribution in [3.05, 3.63) is 34.9 Å². The second-order valence-corrected chi connectivity index (χ2v) is 2.72. The van der Waals surface area contributed by atoms with Gasteiger partial charge in [0.15, 0.2) is 0 Å². The fourth-order valence-electron chi connectivity index (χ4n) is 1.11. The molecule has 0 fully saturated rings. The third-order valence-electron chi connectivity index (χ3n) is 1.71. The number of methoxy groups -OCH3 is 1. The van der Waals surface area contributed by atoms with Crippen molar-refractivity contribution in [2.45, 2.75) is 13.8 Å². The molecule has 2 nitrogen and oxygen atoms in total. The van der Waals surface area contributed by atoms with Crippen LogP contribution in [0.5, 0.6) is 0 Å². The van der Waals surface area contributed by atoms with E-state index < -0.39 is 13.0 Å². The average molecular weight is 166 g/mol. The first-order valence-corrected chi connectivity index (χ1v) is 3.63. The van der Waals surface area contributed by atoms with E-state index in [-0.39, 0.29) is 0 Å². The third kappa shape index (κ3) is 1.64. The van der Waals surface area contributed by atoms with E-state index in [1.54, 1.807) is 19.1 Å². The summed E-state index contributed by atoms with van der Waals surface area (Å²) in [6.45, 7) is 3.73. The number of benzene rings is 1. The zero-order valence-corrected chi connectivity index (χ0v) is 7.13. The molecule has 64 valence electrons. The minimum atomic E-state index is -1.57. The van der Waals surface area contributed by atoms with Gasteiger partial charge in [-0.05, 0) is 25.5 Å². The molecular weight excluding hydrogens is 152 g/mol. The van der Waals surface area contributed by atoms with Gasteiger partial charge in [0.1, 0.15) is 0 Å². The average Bonchev–Trinajstić information content (AvgIpc) is 2.01. The molecule has 0 bridgehead atoms. The predicted molar refractivity (Wildman–Crippen MR) is 47.3 cm³/mol. The lowest BCUT2D eigenvalue weighted by atomic mass is 10.1. The summed E-state index contributed by atoms with van der Waals surface area (Å²) >= 11 is 0. The lowest BCUT2D eigenvalue weighted by Gasteiger charge is -2.03. The number of aryl methyl sites for hydroxylation is 2. The maximum atomic E-state index is 11.3. The van der Waals surface area contributed by atoms with Gasteiger partial charge in [0, 0.05) is 0 Å². The number of rotatable bonds is 1. The lowest BCUT2D eigenvalue weighted by Crippen LogP contribution is -2.03. The van der Waals surface area contributed by atoms with E-state index in [9.17, 15) is 4.79 Å². The Kier molecular flexibility index (Phi) is 1.76. The topological polar surface area (TPSA) is 26.3 Å². The van der Waals surface area contributed by atoms with Crippen LogP contribution in [0, 0.1) is 13.8 Å². The highest BCUT2D eigenvalue weighted by atomic mass is 16.5. The van der Waals surface area contributed by atoms with E-state index in [1.807, 2.05) is 13.0 Å². The van der Waals surface area contributed by atoms with Crippen LogP contribution >= 0.6 is 0 Å². The van der Waals surface area contributed by atoms with Gasteiger partial charge < -0.3 is 4.74 Å². The number of hydrogen-bond donors (Lipinski definition) is 0. The minimum Gasteiger partial charge on any atom is -0.465 e. The molecule has 0 aliphatic heterocycles.